The van der Waals surface area contributed by atoms with E-state index in [1.165, 1.54) is 0 Å². The lowest BCUT2D eigenvalue weighted by atomic mass is 10.1. The number of ether oxygens (including phenoxy) is 1. The van der Waals surface area contributed by atoms with Gasteiger partial charge in [0.1, 0.15) is 0 Å². The molecule has 0 aromatic heterocycles. The highest BCUT2D eigenvalue weighted by atomic mass is 19.4. The van der Waals surface area contributed by atoms with Crippen LogP contribution in [0.4, 0.5) is 13.2 Å². The smallest absolute Gasteiger partial charge is 0.353 e. The SMILES string of the molecule is CCNC(=O)[C@@]1(C(F)(F)F)CO1. The van der Waals surface area contributed by atoms with Crippen LogP contribution in [-0.4, -0.2) is 30.8 Å². The fraction of sp³-hybridized carbons (Fsp3) is 0.833. The number of amides is 1. The third kappa shape index (κ3) is 1.26. The molecule has 1 heterocycles. The monoisotopic (exact) mass is 183 g/mol. The van der Waals surface area contributed by atoms with Gasteiger partial charge in [-0.2, -0.15) is 13.2 Å². The quantitative estimate of drug-likeness (QED) is 0.631. The number of carbonyl (C=O) groups excluding carboxylic acids is 1. The Kier molecular flexibility index (Phi) is 2.03. The van der Waals surface area contributed by atoms with Crippen molar-refractivity contribution in [3.8, 4) is 0 Å². The van der Waals surface area contributed by atoms with Crippen LogP contribution in [0, 0.1) is 0 Å². The zero-order valence-corrected chi connectivity index (χ0v) is 6.36. The van der Waals surface area contributed by atoms with Crippen LogP contribution in [0.1, 0.15) is 6.92 Å². The van der Waals surface area contributed by atoms with Crippen LogP contribution in [0.25, 0.3) is 0 Å². The summed E-state index contributed by atoms with van der Waals surface area (Å²) < 4.78 is 40.4. The van der Waals surface area contributed by atoms with Gasteiger partial charge in [0, 0.05) is 6.54 Å². The Balaban J connectivity index is 2.67. The lowest BCUT2D eigenvalue weighted by Gasteiger charge is -2.14. The molecule has 0 spiro atoms. The number of nitrogens with one attached hydrogen (secondary N) is 1. The summed E-state index contributed by atoms with van der Waals surface area (Å²) in [4.78, 5) is 10.8. The maximum absolute atomic E-state index is 12.1. The maximum atomic E-state index is 12.1. The Labute approximate surface area is 66.9 Å². The van der Waals surface area contributed by atoms with Crippen molar-refractivity contribution in [1.82, 2.24) is 5.32 Å². The number of epoxide rings is 1. The van der Waals surface area contributed by atoms with E-state index >= 15 is 0 Å². The lowest BCUT2D eigenvalue weighted by Crippen LogP contribution is -2.47. The van der Waals surface area contributed by atoms with E-state index in [0.29, 0.717) is 0 Å². The molecule has 12 heavy (non-hydrogen) atoms. The van der Waals surface area contributed by atoms with E-state index in [9.17, 15) is 18.0 Å². The first kappa shape index (κ1) is 9.31. The minimum absolute atomic E-state index is 0.167. The molecule has 3 nitrogen and oxygen atoms in total. The van der Waals surface area contributed by atoms with Crippen LogP contribution in [0.3, 0.4) is 0 Å². The molecule has 6 heteroatoms. The summed E-state index contributed by atoms with van der Waals surface area (Å²) in [5.41, 5.74) is -2.55. The highest BCUT2D eigenvalue weighted by molar-refractivity contribution is 5.88. The van der Waals surface area contributed by atoms with Crippen LogP contribution < -0.4 is 5.32 Å². The fourth-order valence-corrected chi connectivity index (χ4v) is 0.799. The summed E-state index contributed by atoms with van der Waals surface area (Å²) >= 11 is 0. The van der Waals surface area contributed by atoms with Gasteiger partial charge in [0.15, 0.2) is 0 Å². The van der Waals surface area contributed by atoms with E-state index in [4.69, 9.17) is 0 Å². The molecule has 1 aliphatic rings. The number of alkyl halides is 3. The van der Waals surface area contributed by atoms with E-state index < -0.39 is 24.3 Å². The van der Waals surface area contributed by atoms with Crippen molar-refractivity contribution in [2.45, 2.75) is 18.7 Å². The van der Waals surface area contributed by atoms with Gasteiger partial charge in [-0.05, 0) is 6.92 Å². The maximum Gasteiger partial charge on any atom is 0.428 e. The van der Waals surface area contributed by atoms with Crippen LogP contribution >= 0.6 is 0 Å². The Morgan fingerprint density at radius 1 is 1.67 bits per heavy atom. The van der Waals surface area contributed by atoms with Crippen molar-refractivity contribution in [1.29, 1.82) is 0 Å². The standard InChI is InChI=1S/C6H8F3NO2/c1-2-10-4(11)5(3-12-5)6(7,8)9/h2-3H2,1H3,(H,10,11)/t5-/m1/s1. The molecule has 0 bridgehead atoms. The van der Waals surface area contributed by atoms with Crippen molar-refractivity contribution in [2.75, 3.05) is 13.2 Å². The third-order valence-corrected chi connectivity index (χ3v) is 1.60. The van der Waals surface area contributed by atoms with E-state index in [0.717, 1.165) is 0 Å². The average molecular weight is 183 g/mol. The third-order valence-electron chi connectivity index (χ3n) is 1.60. The van der Waals surface area contributed by atoms with E-state index in [-0.39, 0.29) is 6.54 Å². The van der Waals surface area contributed by atoms with Crippen molar-refractivity contribution in [3.05, 3.63) is 0 Å². The van der Waals surface area contributed by atoms with Gasteiger partial charge in [0.05, 0.1) is 6.61 Å². The molecule has 0 saturated carbocycles. The number of rotatable bonds is 2. The molecule has 1 aliphatic heterocycles. The molecular formula is C6H8F3NO2. The zero-order valence-electron chi connectivity index (χ0n) is 6.36. The number of carbonyl (C=O) groups is 1. The molecule has 0 radical (unpaired) electrons. The summed E-state index contributed by atoms with van der Waals surface area (Å²) in [6.45, 7) is 1.15. The Bertz CT molecular complexity index is 197. The molecule has 1 rings (SSSR count). The number of likely N-dealkylation sites (N-methyl/N-ethyl adjacent to an activating group) is 1. The van der Waals surface area contributed by atoms with Crippen LogP contribution in [0.15, 0.2) is 0 Å². The Morgan fingerprint density at radius 2 is 2.17 bits per heavy atom. The normalized spacial score (nSPS) is 28.3. The van der Waals surface area contributed by atoms with Crippen molar-refractivity contribution in [2.24, 2.45) is 0 Å². The molecule has 1 fully saturated rings. The first-order valence-electron chi connectivity index (χ1n) is 3.43. The van der Waals surface area contributed by atoms with Crippen molar-refractivity contribution in [3.63, 3.8) is 0 Å². The highest BCUT2D eigenvalue weighted by Gasteiger charge is 2.71. The predicted molar refractivity (Wildman–Crippen MR) is 33.4 cm³/mol. The Morgan fingerprint density at radius 3 is 2.42 bits per heavy atom. The molecule has 0 aromatic rings. The van der Waals surface area contributed by atoms with Crippen LogP contribution in [-0.2, 0) is 9.53 Å². The van der Waals surface area contributed by atoms with E-state index in [2.05, 4.69) is 10.1 Å². The minimum Gasteiger partial charge on any atom is -0.353 e. The second kappa shape index (κ2) is 2.62. The first-order valence-corrected chi connectivity index (χ1v) is 3.43. The lowest BCUT2D eigenvalue weighted by molar-refractivity contribution is -0.189. The Hall–Kier alpha value is -0.780. The molecule has 1 N–H and O–H groups in total. The topological polar surface area (TPSA) is 41.6 Å². The summed E-state index contributed by atoms with van der Waals surface area (Å²) in [5.74, 6) is -1.10. The first-order chi connectivity index (χ1) is 5.44. The predicted octanol–water partition coefficient (Wildman–Crippen LogP) is 0.454. The van der Waals surface area contributed by atoms with Crippen molar-refractivity contribution >= 4 is 5.91 Å². The summed E-state index contributed by atoms with van der Waals surface area (Å²) in [6.07, 6.45) is -4.60. The summed E-state index contributed by atoms with van der Waals surface area (Å²) in [6, 6.07) is 0. The molecular weight excluding hydrogens is 175 g/mol. The second-order valence-electron chi connectivity index (χ2n) is 2.47. The minimum atomic E-state index is -4.60. The molecule has 1 amide bonds. The summed E-state index contributed by atoms with van der Waals surface area (Å²) in [7, 11) is 0. The van der Waals surface area contributed by atoms with Gasteiger partial charge in [0.2, 0.25) is 0 Å². The number of hydrogen-bond donors (Lipinski definition) is 1. The van der Waals surface area contributed by atoms with Gasteiger partial charge in [0.25, 0.3) is 11.5 Å². The van der Waals surface area contributed by atoms with E-state index in [1.54, 1.807) is 6.92 Å². The average Bonchev–Trinajstić information content (AvgIpc) is 2.63. The van der Waals surface area contributed by atoms with Gasteiger partial charge < -0.3 is 10.1 Å². The largest absolute Gasteiger partial charge is 0.428 e. The second-order valence-corrected chi connectivity index (χ2v) is 2.47. The van der Waals surface area contributed by atoms with Crippen LogP contribution in [0.2, 0.25) is 0 Å². The van der Waals surface area contributed by atoms with Crippen LogP contribution in [0.5, 0.6) is 0 Å². The molecule has 1 saturated heterocycles. The molecule has 0 unspecified atom stereocenters. The molecule has 1 atom stereocenters. The van der Waals surface area contributed by atoms with Crippen molar-refractivity contribution < 1.29 is 22.7 Å². The molecule has 0 aliphatic carbocycles. The molecule has 70 valence electrons. The number of halogens is 3. The fourth-order valence-electron chi connectivity index (χ4n) is 0.799. The molecule has 0 aromatic carbocycles. The van der Waals surface area contributed by atoms with Gasteiger partial charge in [-0.1, -0.05) is 0 Å². The van der Waals surface area contributed by atoms with Gasteiger partial charge >= 0.3 is 6.18 Å². The highest BCUT2D eigenvalue weighted by Crippen LogP contribution is 2.43. The van der Waals surface area contributed by atoms with E-state index in [1.807, 2.05) is 0 Å². The van der Waals surface area contributed by atoms with Gasteiger partial charge in [-0.15, -0.1) is 0 Å². The zero-order chi connectivity index (χ0) is 9.41. The summed E-state index contributed by atoms with van der Waals surface area (Å²) in [5, 5.41) is 2.07. The van der Waals surface area contributed by atoms with Gasteiger partial charge in [-0.25, -0.2) is 0 Å². The van der Waals surface area contributed by atoms with Gasteiger partial charge in [-0.3, -0.25) is 4.79 Å². The number of hydrogen-bond acceptors (Lipinski definition) is 2.